The number of nitrogens with zero attached hydrogens (tertiary/aromatic N) is 1. The summed E-state index contributed by atoms with van der Waals surface area (Å²) in [5.74, 6) is 0.508. The summed E-state index contributed by atoms with van der Waals surface area (Å²) in [6.07, 6.45) is 2.24. The summed E-state index contributed by atoms with van der Waals surface area (Å²) in [5, 5.41) is 3.77. The molecule has 46 heavy (non-hydrogen) atoms. The highest BCUT2D eigenvalue weighted by Gasteiger charge is 2.49. The molecule has 10 nitrogen and oxygen atoms in total. The van der Waals surface area contributed by atoms with Crippen LogP contribution in [0.1, 0.15) is 57.2 Å². The molecule has 2 aliphatic heterocycles. The zero-order valence-electron chi connectivity index (χ0n) is 25.6. The van der Waals surface area contributed by atoms with Crippen LogP contribution in [0.3, 0.4) is 0 Å². The molecule has 7 rings (SSSR count). The van der Waals surface area contributed by atoms with Crippen molar-refractivity contribution in [1.82, 2.24) is 10.2 Å². The van der Waals surface area contributed by atoms with Crippen molar-refractivity contribution in [3.05, 3.63) is 87.8 Å². The van der Waals surface area contributed by atoms with Gasteiger partial charge in [-0.1, -0.05) is 30.3 Å². The van der Waals surface area contributed by atoms with Crippen LogP contribution < -0.4 is 27.3 Å². The first kappa shape index (κ1) is 30.4. The number of ketones is 1. The number of nitrogen functional groups attached to an aromatic ring is 1. The maximum atomic E-state index is 14.3. The largest absolute Gasteiger partial charge is 0.457 e. The monoisotopic (exact) mass is 639 g/mol. The molecular weight excluding hydrogens is 602 g/mol. The van der Waals surface area contributed by atoms with Gasteiger partial charge in [0.1, 0.15) is 17.0 Å². The summed E-state index contributed by atoms with van der Waals surface area (Å²) in [7, 11) is 0. The van der Waals surface area contributed by atoms with E-state index >= 15 is 0 Å². The lowest BCUT2D eigenvalue weighted by Crippen LogP contribution is -2.53. The van der Waals surface area contributed by atoms with Gasteiger partial charge in [-0.05, 0) is 73.2 Å². The number of carbonyl (C=O) groups excluding carboxylic acids is 3. The number of likely N-dealkylation sites (tertiary alicyclic amines) is 1. The van der Waals surface area contributed by atoms with E-state index in [1.807, 2.05) is 48.2 Å². The molecule has 0 radical (unpaired) electrons. The molecule has 2 fully saturated rings. The van der Waals surface area contributed by atoms with Gasteiger partial charge >= 0.3 is 0 Å². The lowest BCUT2D eigenvalue weighted by molar-refractivity contribution is -0.136. The van der Waals surface area contributed by atoms with Gasteiger partial charge in [0, 0.05) is 42.4 Å². The Labute approximate surface area is 270 Å². The fraction of sp³-hybridized carbons (Fsp3) is 0.343. The van der Waals surface area contributed by atoms with E-state index in [0.29, 0.717) is 75.1 Å². The van der Waals surface area contributed by atoms with E-state index in [0.717, 1.165) is 24.8 Å². The van der Waals surface area contributed by atoms with Crippen LogP contribution in [0.15, 0.2) is 60.7 Å². The number of rotatable bonds is 6. The van der Waals surface area contributed by atoms with E-state index < -0.39 is 17.4 Å². The number of anilines is 1. The average molecular weight is 640 g/mol. The number of para-hydroxylation sites is 1. The van der Waals surface area contributed by atoms with Crippen LogP contribution in [0.2, 0.25) is 0 Å². The molecule has 4 aromatic rings. The molecule has 7 N–H and O–H groups in total. The number of nitrogens with one attached hydrogen (secondary N) is 1. The number of hydrogen-bond acceptors (Lipinski definition) is 9. The first-order valence-electron chi connectivity index (χ1n) is 15.6. The van der Waals surface area contributed by atoms with Gasteiger partial charge in [-0.2, -0.15) is 0 Å². The Morgan fingerprint density at radius 3 is 2.59 bits per heavy atom. The Hall–Kier alpha value is -4.29. The fourth-order valence-electron chi connectivity index (χ4n) is 7.13. The van der Waals surface area contributed by atoms with Gasteiger partial charge < -0.3 is 36.9 Å². The lowest BCUT2D eigenvalue weighted by atomic mass is 9.69. The quantitative estimate of drug-likeness (QED) is 0.229. The summed E-state index contributed by atoms with van der Waals surface area (Å²) in [6, 6.07) is 17.0. The summed E-state index contributed by atoms with van der Waals surface area (Å²) < 4.78 is 12.1. The van der Waals surface area contributed by atoms with Gasteiger partial charge in [0.25, 0.3) is 5.91 Å². The minimum atomic E-state index is -1.57. The molecule has 2 amide bonds. The molecule has 3 aliphatic rings. The predicted molar refractivity (Wildman–Crippen MR) is 177 cm³/mol. The number of aryl methyl sites for hydroxylation is 1. The molecule has 4 atom stereocenters. The Balaban J connectivity index is 1.21. The Morgan fingerprint density at radius 1 is 1.07 bits per heavy atom. The smallest absolute Gasteiger partial charge is 0.262 e. The molecule has 0 saturated carbocycles. The SMILES string of the molecule is Cc1cc(Oc2ccccc2)ccc1C1(N)C(=O)C(N)c2c(C(=O)N[C@@H]3CCCN(C(=O)[C@H]4CCOC4)C3)sc3c(N)ccc1c23. The molecule has 0 bridgehead atoms. The number of amides is 2. The van der Waals surface area contributed by atoms with Crippen molar-refractivity contribution < 1.29 is 23.9 Å². The number of Topliss-reactive ketones (excluding diaryl/α,β-unsaturated/α-hetero) is 1. The van der Waals surface area contributed by atoms with Crippen molar-refractivity contribution in [3.8, 4) is 11.5 Å². The van der Waals surface area contributed by atoms with E-state index in [9.17, 15) is 14.4 Å². The summed E-state index contributed by atoms with van der Waals surface area (Å²) in [5.41, 5.74) is 21.5. The predicted octanol–water partition coefficient (Wildman–Crippen LogP) is 4.13. The molecule has 3 aromatic carbocycles. The van der Waals surface area contributed by atoms with Crippen molar-refractivity contribution in [3.63, 3.8) is 0 Å². The molecule has 2 saturated heterocycles. The second kappa shape index (κ2) is 11.8. The van der Waals surface area contributed by atoms with Crippen molar-refractivity contribution in [1.29, 1.82) is 0 Å². The average Bonchev–Trinajstić information content (AvgIpc) is 3.74. The normalized spacial score (nSPS) is 24.3. The lowest BCUT2D eigenvalue weighted by Gasteiger charge is -2.37. The maximum absolute atomic E-state index is 14.3. The zero-order chi connectivity index (χ0) is 32.2. The van der Waals surface area contributed by atoms with Crippen molar-refractivity contribution >= 4 is 44.7 Å². The van der Waals surface area contributed by atoms with Gasteiger partial charge in [-0.15, -0.1) is 11.3 Å². The third-order valence-corrected chi connectivity index (χ3v) is 10.7. The highest BCUT2D eigenvalue weighted by atomic mass is 32.1. The molecule has 0 spiro atoms. The van der Waals surface area contributed by atoms with Gasteiger partial charge in [-0.25, -0.2) is 0 Å². The molecule has 2 unspecified atom stereocenters. The first-order chi connectivity index (χ1) is 22.2. The van der Waals surface area contributed by atoms with Crippen LogP contribution in [0.25, 0.3) is 10.1 Å². The van der Waals surface area contributed by atoms with E-state index in [4.69, 9.17) is 26.7 Å². The van der Waals surface area contributed by atoms with Crippen molar-refractivity contribution in [2.45, 2.75) is 43.8 Å². The van der Waals surface area contributed by atoms with E-state index in [1.54, 1.807) is 24.3 Å². The van der Waals surface area contributed by atoms with Gasteiger partial charge in [-0.3, -0.25) is 14.4 Å². The van der Waals surface area contributed by atoms with Gasteiger partial charge in [0.05, 0.1) is 28.1 Å². The summed E-state index contributed by atoms with van der Waals surface area (Å²) in [4.78, 5) is 43.4. The van der Waals surface area contributed by atoms with Gasteiger partial charge in [0.2, 0.25) is 5.91 Å². The first-order valence-corrected chi connectivity index (χ1v) is 16.4. The van der Waals surface area contributed by atoms with Crippen LogP contribution in [0.4, 0.5) is 5.69 Å². The van der Waals surface area contributed by atoms with Crippen LogP contribution in [-0.4, -0.2) is 54.8 Å². The third-order valence-electron chi connectivity index (χ3n) is 9.47. The van der Waals surface area contributed by atoms with Crippen LogP contribution >= 0.6 is 11.3 Å². The molecular formula is C35H37N5O5S. The zero-order valence-corrected chi connectivity index (χ0v) is 26.4. The third kappa shape index (κ3) is 5.04. The highest BCUT2D eigenvalue weighted by molar-refractivity contribution is 7.21. The van der Waals surface area contributed by atoms with Gasteiger partial charge in [0.15, 0.2) is 5.78 Å². The number of hydrogen-bond donors (Lipinski definition) is 4. The number of carbonyl (C=O) groups is 3. The fourth-order valence-corrected chi connectivity index (χ4v) is 8.33. The van der Waals surface area contributed by atoms with Crippen molar-refractivity contribution in [2.75, 3.05) is 32.0 Å². The summed E-state index contributed by atoms with van der Waals surface area (Å²) in [6.45, 7) is 4.01. The summed E-state index contributed by atoms with van der Waals surface area (Å²) >= 11 is 1.22. The molecule has 1 aromatic heterocycles. The van der Waals surface area contributed by atoms with Crippen LogP contribution in [0, 0.1) is 12.8 Å². The molecule has 1 aliphatic carbocycles. The minimum Gasteiger partial charge on any atom is -0.457 e. The number of nitrogens with two attached hydrogens (primary N) is 3. The van der Waals surface area contributed by atoms with E-state index in [-0.39, 0.29) is 23.8 Å². The topological polar surface area (TPSA) is 163 Å². The highest BCUT2D eigenvalue weighted by Crippen LogP contribution is 2.50. The number of thiophene rings is 1. The second-order valence-electron chi connectivity index (χ2n) is 12.5. The Bertz CT molecular complexity index is 1850. The van der Waals surface area contributed by atoms with E-state index in [1.165, 1.54) is 11.3 Å². The standard InChI is InChI=1S/C35H37N5O5S/c1-19-16-23(45-22-7-3-2-4-8-22)9-10-24(19)35(38)25-11-12-26(36)30-27(25)28(29(37)32(35)41)31(46-30)33(42)39-21-6-5-14-40(17-21)34(43)20-13-15-44-18-20/h2-4,7-12,16,20-21,29H,5-6,13-15,17-18,36-38H2,1H3,(H,39,42)/t20-,21+,29?,35?/m0/s1. The van der Waals surface area contributed by atoms with E-state index in [2.05, 4.69) is 5.32 Å². The maximum Gasteiger partial charge on any atom is 0.262 e. The van der Waals surface area contributed by atoms with Crippen molar-refractivity contribution in [2.24, 2.45) is 17.4 Å². The van der Waals surface area contributed by atoms with Crippen LogP contribution in [-0.2, 0) is 19.9 Å². The number of benzene rings is 3. The second-order valence-corrected chi connectivity index (χ2v) is 13.5. The Kier molecular flexibility index (Phi) is 7.80. The van der Waals surface area contributed by atoms with Crippen LogP contribution in [0.5, 0.6) is 11.5 Å². The minimum absolute atomic E-state index is 0.0766. The number of piperidine rings is 1. The molecule has 3 heterocycles. The molecule has 11 heteroatoms. The Morgan fingerprint density at radius 2 is 1.85 bits per heavy atom. The molecule has 238 valence electrons. The number of ether oxygens (including phenoxy) is 2.